The number of aromatic nitrogens is 3. The number of fused-ring (bicyclic) bond motifs is 1. The van der Waals surface area contributed by atoms with Crippen molar-refractivity contribution < 1.29 is 0 Å². The minimum atomic E-state index is 0.318. The van der Waals surface area contributed by atoms with Crippen LogP contribution in [0.4, 0.5) is 0 Å². The van der Waals surface area contributed by atoms with Crippen molar-refractivity contribution >= 4 is 52.1 Å². The molecule has 0 aliphatic carbocycles. The van der Waals surface area contributed by atoms with Gasteiger partial charge in [-0.25, -0.2) is 9.97 Å². The van der Waals surface area contributed by atoms with E-state index in [2.05, 4.69) is 9.97 Å². The van der Waals surface area contributed by atoms with Crippen molar-refractivity contribution in [2.24, 2.45) is 0 Å². The maximum Gasteiger partial charge on any atom is 0.159 e. The summed E-state index contributed by atoms with van der Waals surface area (Å²) in [5.74, 6) is 0.628. The summed E-state index contributed by atoms with van der Waals surface area (Å²) in [6.45, 7) is 0. The van der Waals surface area contributed by atoms with Gasteiger partial charge in [0, 0.05) is 11.6 Å². The Labute approximate surface area is 128 Å². The summed E-state index contributed by atoms with van der Waals surface area (Å²) in [5, 5.41) is 1.68. The molecule has 7 heteroatoms. The minimum absolute atomic E-state index is 0.318. The molecule has 2 heterocycles. The number of rotatable bonds is 1. The zero-order valence-corrected chi connectivity index (χ0v) is 12.3. The molecule has 0 spiro atoms. The maximum absolute atomic E-state index is 6.17. The summed E-state index contributed by atoms with van der Waals surface area (Å²) in [6.07, 6.45) is 1.59. The van der Waals surface area contributed by atoms with Crippen LogP contribution in [0.2, 0.25) is 20.4 Å². The molecule has 0 N–H and O–H groups in total. The SMILES string of the molecule is Clc1cc(Cl)n2c(-c3ccc(Cl)c(Cl)c3)ncc2n1. The average molecular weight is 333 g/mol. The number of imidazole rings is 1. The standard InChI is InChI=1S/C12H5Cl4N3/c13-7-2-1-6(3-8(7)14)12-17-5-11-18-9(15)4-10(16)19(11)12/h1-5H. The lowest BCUT2D eigenvalue weighted by Crippen LogP contribution is -1.93. The van der Waals surface area contributed by atoms with E-state index in [9.17, 15) is 0 Å². The van der Waals surface area contributed by atoms with Crippen molar-refractivity contribution in [1.82, 2.24) is 14.4 Å². The largest absolute Gasteiger partial charge is 0.266 e. The highest BCUT2D eigenvalue weighted by Gasteiger charge is 2.12. The fraction of sp³-hybridized carbons (Fsp3) is 0. The van der Waals surface area contributed by atoms with Gasteiger partial charge >= 0.3 is 0 Å². The second kappa shape index (κ2) is 4.84. The van der Waals surface area contributed by atoms with Gasteiger partial charge in [0.1, 0.15) is 16.1 Å². The lowest BCUT2D eigenvalue weighted by molar-refractivity contribution is 1.12. The number of nitrogens with zero attached hydrogens (tertiary/aromatic N) is 3. The lowest BCUT2D eigenvalue weighted by atomic mass is 10.2. The van der Waals surface area contributed by atoms with E-state index in [-0.39, 0.29) is 0 Å². The normalized spacial score (nSPS) is 11.2. The molecule has 0 unspecified atom stereocenters. The average Bonchev–Trinajstić information content (AvgIpc) is 2.76. The van der Waals surface area contributed by atoms with Crippen molar-refractivity contribution in [1.29, 1.82) is 0 Å². The second-order valence-corrected chi connectivity index (χ2v) is 5.39. The fourth-order valence-electron chi connectivity index (χ4n) is 1.78. The molecule has 0 amide bonds. The third kappa shape index (κ3) is 2.28. The molecule has 0 radical (unpaired) electrons. The predicted octanol–water partition coefficient (Wildman–Crippen LogP) is 5.01. The van der Waals surface area contributed by atoms with E-state index in [1.165, 1.54) is 0 Å². The molecule has 3 nitrogen and oxygen atoms in total. The minimum Gasteiger partial charge on any atom is -0.266 e. The molecule has 0 saturated carbocycles. The molecule has 96 valence electrons. The second-order valence-electron chi connectivity index (χ2n) is 3.81. The molecule has 2 aromatic heterocycles. The molecule has 3 aromatic rings. The first-order chi connectivity index (χ1) is 9.06. The Hall–Kier alpha value is -1.00. The van der Waals surface area contributed by atoms with Crippen molar-refractivity contribution in [2.45, 2.75) is 0 Å². The molecular formula is C12H5Cl4N3. The van der Waals surface area contributed by atoms with E-state index < -0.39 is 0 Å². The highest BCUT2D eigenvalue weighted by molar-refractivity contribution is 6.42. The van der Waals surface area contributed by atoms with Gasteiger partial charge in [0.05, 0.1) is 16.2 Å². The quantitative estimate of drug-likeness (QED) is 0.586. The third-order valence-electron chi connectivity index (χ3n) is 2.59. The molecule has 19 heavy (non-hydrogen) atoms. The maximum atomic E-state index is 6.17. The number of hydrogen-bond acceptors (Lipinski definition) is 2. The number of halogens is 4. The molecule has 0 bridgehead atoms. The first-order valence-electron chi connectivity index (χ1n) is 5.21. The van der Waals surface area contributed by atoms with Crippen molar-refractivity contribution in [3.63, 3.8) is 0 Å². The van der Waals surface area contributed by atoms with Gasteiger partial charge in [-0.1, -0.05) is 46.4 Å². The molecule has 0 saturated heterocycles. The van der Waals surface area contributed by atoms with E-state index in [1.807, 2.05) is 6.07 Å². The Morgan fingerprint density at radius 2 is 1.74 bits per heavy atom. The Morgan fingerprint density at radius 1 is 0.947 bits per heavy atom. The van der Waals surface area contributed by atoms with E-state index >= 15 is 0 Å². The van der Waals surface area contributed by atoms with Crippen LogP contribution in [0, 0.1) is 0 Å². The molecule has 0 aliphatic heterocycles. The van der Waals surface area contributed by atoms with Gasteiger partial charge in [-0.05, 0) is 18.2 Å². The van der Waals surface area contributed by atoms with Gasteiger partial charge in [0.2, 0.25) is 0 Å². The van der Waals surface area contributed by atoms with Crippen molar-refractivity contribution in [2.75, 3.05) is 0 Å². The van der Waals surface area contributed by atoms with Gasteiger partial charge < -0.3 is 0 Å². The van der Waals surface area contributed by atoms with Crippen LogP contribution in [0.3, 0.4) is 0 Å². The van der Waals surface area contributed by atoms with E-state index in [0.717, 1.165) is 5.56 Å². The summed E-state index contributed by atoms with van der Waals surface area (Å²) < 4.78 is 1.69. The molecule has 0 aliphatic rings. The Morgan fingerprint density at radius 3 is 2.47 bits per heavy atom. The van der Waals surface area contributed by atoms with E-state index in [4.69, 9.17) is 46.4 Å². The Kier molecular flexibility index (Phi) is 3.31. The summed E-state index contributed by atoms with van der Waals surface area (Å²) in [7, 11) is 0. The van der Waals surface area contributed by atoms with E-state index in [0.29, 0.717) is 31.8 Å². The van der Waals surface area contributed by atoms with Gasteiger partial charge in [0.15, 0.2) is 5.65 Å². The van der Waals surface area contributed by atoms with E-state index in [1.54, 1.807) is 28.8 Å². The van der Waals surface area contributed by atoms with Crippen LogP contribution in [0.25, 0.3) is 17.0 Å². The van der Waals surface area contributed by atoms with Crippen LogP contribution >= 0.6 is 46.4 Å². The van der Waals surface area contributed by atoms with Gasteiger partial charge in [-0.2, -0.15) is 0 Å². The summed E-state index contributed by atoms with van der Waals surface area (Å²) >= 11 is 23.9. The molecule has 3 rings (SSSR count). The number of benzene rings is 1. The zero-order valence-electron chi connectivity index (χ0n) is 9.24. The highest BCUT2D eigenvalue weighted by Crippen LogP contribution is 2.30. The first-order valence-corrected chi connectivity index (χ1v) is 6.72. The van der Waals surface area contributed by atoms with Crippen LogP contribution in [0.15, 0.2) is 30.5 Å². The number of hydrogen-bond donors (Lipinski definition) is 0. The third-order valence-corrected chi connectivity index (χ3v) is 3.80. The topological polar surface area (TPSA) is 30.2 Å². The lowest BCUT2D eigenvalue weighted by Gasteiger charge is -2.05. The van der Waals surface area contributed by atoms with Crippen LogP contribution in [-0.2, 0) is 0 Å². The monoisotopic (exact) mass is 331 g/mol. The predicted molar refractivity (Wildman–Crippen MR) is 78.5 cm³/mol. The van der Waals surface area contributed by atoms with Crippen molar-refractivity contribution in [3.05, 3.63) is 50.8 Å². The van der Waals surface area contributed by atoms with Gasteiger partial charge in [-0.15, -0.1) is 0 Å². The summed E-state index contributed by atoms with van der Waals surface area (Å²) in [4.78, 5) is 8.44. The Balaban J connectivity index is 2.28. The Bertz CT molecular complexity index is 782. The summed E-state index contributed by atoms with van der Waals surface area (Å²) in [5.41, 5.74) is 1.36. The van der Waals surface area contributed by atoms with Gasteiger partial charge in [0.25, 0.3) is 0 Å². The smallest absolute Gasteiger partial charge is 0.159 e. The fourth-order valence-corrected chi connectivity index (χ4v) is 2.59. The van der Waals surface area contributed by atoms with Crippen LogP contribution < -0.4 is 0 Å². The molecule has 1 aromatic carbocycles. The van der Waals surface area contributed by atoms with Crippen LogP contribution in [0.1, 0.15) is 0 Å². The van der Waals surface area contributed by atoms with Crippen LogP contribution in [-0.4, -0.2) is 14.4 Å². The zero-order chi connectivity index (χ0) is 13.6. The first kappa shape index (κ1) is 13.0. The summed E-state index contributed by atoms with van der Waals surface area (Å²) in [6, 6.07) is 6.80. The molecular weight excluding hydrogens is 328 g/mol. The molecule has 0 fully saturated rings. The molecule has 0 atom stereocenters. The highest BCUT2D eigenvalue weighted by atomic mass is 35.5. The van der Waals surface area contributed by atoms with Crippen LogP contribution in [0.5, 0.6) is 0 Å². The van der Waals surface area contributed by atoms with Crippen molar-refractivity contribution in [3.8, 4) is 11.4 Å². The van der Waals surface area contributed by atoms with Gasteiger partial charge in [-0.3, -0.25) is 4.40 Å².